The summed E-state index contributed by atoms with van der Waals surface area (Å²) in [5.41, 5.74) is 2.89. The molecule has 0 aliphatic carbocycles. The lowest BCUT2D eigenvalue weighted by atomic mass is 10.0. The lowest BCUT2D eigenvalue weighted by Crippen LogP contribution is -1.95. The maximum atomic E-state index is 11.5. The van der Waals surface area contributed by atoms with E-state index in [4.69, 9.17) is 11.6 Å². The fourth-order valence-corrected chi connectivity index (χ4v) is 1.91. The van der Waals surface area contributed by atoms with Gasteiger partial charge in [-0.1, -0.05) is 54.9 Å². The monoisotopic (exact) mass is 244 g/mol. The van der Waals surface area contributed by atoms with Gasteiger partial charge >= 0.3 is 0 Å². The Kier molecular flexibility index (Phi) is 3.60. The van der Waals surface area contributed by atoms with Gasteiger partial charge in [-0.2, -0.15) is 0 Å². The Morgan fingerprint density at radius 1 is 1.06 bits per heavy atom. The highest BCUT2D eigenvalue weighted by Gasteiger charge is 2.03. The zero-order valence-corrected chi connectivity index (χ0v) is 10.4. The van der Waals surface area contributed by atoms with Gasteiger partial charge in [-0.05, 0) is 23.3 Å². The molecular formula is C15H13ClO. The molecule has 0 aromatic heterocycles. The highest BCUT2D eigenvalue weighted by Crippen LogP contribution is 2.23. The van der Waals surface area contributed by atoms with E-state index in [-0.39, 0.29) is 5.78 Å². The molecule has 0 amide bonds. The number of Topliss-reactive ketones (excluding diaryl/α,β-unsaturated/α-hetero) is 1. The minimum atomic E-state index is 0.169. The molecule has 0 saturated carbocycles. The summed E-state index contributed by atoms with van der Waals surface area (Å²) in [5.74, 6) is 0.169. The number of carbonyl (C=O) groups excluding carboxylic acids is 1. The molecule has 0 atom stereocenters. The lowest BCUT2D eigenvalue weighted by molar-refractivity contribution is 0.0988. The van der Waals surface area contributed by atoms with E-state index < -0.39 is 0 Å². The first-order chi connectivity index (χ1) is 8.20. The highest BCUT2D eigenvalue weighted by atomic mass is 35.5. The molecule has 0 heterocycles. The van der Waals surface area contributed by atoms with E-state index in [2.05, 4.69) is 0 Å². The van der Waals surface area contributed by atoms with Gasteiger partial charge in [-0.25, -0.2) is 0 Å². The van der Waals surface area contributed by atoms with Crippen LogP contribution in [0.3, 0.4) is 0 Å². The largest absolute Gasteiger partial charge is 0.294 e. The van der Waals surface area contributed by atoms with Crippen LogP contribution in [-0.2, 0) is 0 Å². The topological polar surface area (TPSA) is 17.1 Å². The van der Waals surface area contributed by atoms with Crippen LogP contribution in [0.2, 0.25) is 5.02 Å². The summed E-state index contributed by atoms with van der Waals surface area (Å²) in [6, 6.07) is 15.3. The number of hydrogen-bond acceptors (Lipinski definition) is 1. The second kappa shape index (κ2) is 5.15. The average molecular weight is 245 g/mol. The molecule has 2 aromatic rings. The minimum absolute atomic E-state index is 0.169. The molecule has 0 unspecified atom stereocenters. The molecule has 0 N–H and O–H groups in total. The molecule has 2 heteroatoms. The second-order valence-corrected chi connectivity index (χ2v) is 4.30. The van der Waals surface area contributed by atoms with Gasteiger partial charge in [0.15, 0.2) is 5.78 Å². The van der Waals surface area contributed by atoms with E-state index in [0.717, 1.165) is 21.7 Å². The summed E-state index contributed by atoms with van der Waals surface area (Å²) in [6.07, 6.45) is 0.538. The van der Waals surface area contributed by atoms with Crippen molar-refractivity contribution in [2.75, 3.05) is 0 Å². The van der Waals surface area contributed by atoms with Crippen molar-refractivity contribution >= 4 is 17.4 Å². The van der Waals surface area contributed by atoms with Crippen LogP contribution in [0.25, 0.3) is 11.1 Å². The number of benzene rings is 2. The molecule has 17 heavy (non-hydrogen) atoms. The third kappa shape index (κ3) is 2.75. The predicted octanol–water partition coefficient (Wildman–Crippen LogP) is 4.60. The van der Waals surface area contributed by atoms with Crippen LogP contribution in [-0.4, -0.2) is 5.78 Å². The van der Waals surface area contributed by atoms with Crippen molar-refractivity contribution in [1.29, 1.82) is 0 Å². The molecule has 0 saturated heterocycles. The van der Waals surface area contributed by atoms with Crippen LogP contribution < -0.4 is 0 Å². The van der Waals surface area contributed by atoms with Crippen LogP contribution in [0, 0.1) is 0 Å². The van der Waals surface area contributed by atoms with Crippen LogP contribution in [0.5, 0.6) is 0 Å². The average Bonchev–Trinajstić information content (AvgIpc) is 2.38. The van der Waals surface area contributed by atoms with Crippen molar-refractivity contribution in [3.8, 4) is 11.1 Å². The van der Waals surface area contributed by atoms with E-state index in [1.54, 1.807) is 0 Å². The van der Waals surface area contributed by atoms with Crippen molar-refractivity contribution < 1.29 is 4.79 Å². The third-order valence-electron chi connectivity index (χ3n) is 2.69. The van der Waals surface area contributed by atoms with Crippen molar-refractivity contribution in [1.82, 2.24) is 0 Å². The molecule has 2 aromatic carbocycles. The Balaban J connectivity index is 2.32. The Hall–Kier alpha value is -1.60. The zero-order chi connectivity index (χ0) is 12.3. The van der Waals surface area contributed by atoms with E-state index in [9.17, 15) is 4.79 Å². The van der Waals surface area contributed by atoms with Gasteiger partial charge in [0.25, 0.3) is 0 Å². The van der Waals surface area contributed by atoms with Crippen molar-refractivity contribution in [3.63, 3.8) is 0 Å². The number of rotatable bonds is 3. The fraction of sp³-hybridized carbons (Fsp3) is 0.133. The summed E-state index contributed by atoms with van der Waals surface area (Å²) in [5, 5.41) is 0.719. The summed E-state index contributed by atoms with van der Waals surface area (Å²) < 4.78 is 0. The van der Waals surface area contributed by atoms with Gasteiger partial charge in [-0.3, -0.25) is 4.79 Å². The Morgan fingerprint density at radius 3 is 2.35 bits per heavy atom. The van der Waals surface area contributed by atoms with Crippen LogP contribution >= 0.6 is 11.6 Å². The van der Waals surface area contributed by atoms with Gasteiger partial charge in [0, 0.05) is 17.0 Å². The van der Waals surface area contributed by atoms with Crippen LogP contribution in [0.1, 0.15) is 23.7 Å². The molecule has 86 valence electrons. The van der Waals surface area contributed by atoms with Gasteiger partial charge in [0.05, 0.1) is 0 Å². The number of hydrogen-bond donors (Lipinski definition) is 0. The maximum Gasteiger partial charge on any atom is 0.162 e. The zero-order valence-electron chi connectivity index (χ0n) is 9.61. The molecule has 0 fully saturated rings. The standard InChI is InChI=1S/C15H13ClO/c1-2-15(17)12-8-6-11(7-9-12)13-4-3-5-14(16)10-13/h3-10H,2H2,1H3. The molecule has 1 nitrogen and oxygen atoms in total. The molecule has 0 spiro atoms. The first-order valence-corrected chi connectivity index (χ1v) is 5.97. The van der Waals surface area contributed by atoms with Crippen molar-refractivity contribution in [3.05, 3.63) is 59.1 Å². The van der Waals surface area contributed by atoms with Gasteiger partial charge in [0.2, 0.25) is 0 Å². The molecule has 0 bridgehead atoms. The number of carbonyl (C=O) groups is 1. The number of halogens is 1. The van der Waals surface area contributed by atoms with Crippen LogP contribution in [0.15, 0.2) is 48.5 Å². The summed E-state index contributed by atoms with van der Waals surface area (Å²) in [6.45, 7) is 1.87. The van der Waals surface area contributed by atoms with E-state index in [1.807, 2.05) is 55.5 Å². The maximum absolute atomic E-state index is 11.5. The number of ketones is 1. The normalized spacial score (nSPS) is 10.2. The first kappa shape index (κ1) is 11.9. The summed E-state index contributed by atoms with van der Waals surface area (Å²) in [7, 11) is 0. The molecule has 2 rings (SSSR count). The van der Waals surface area contributed by atoms with Gasteiger partial charge in [-0.15, -0.1) is 0 Å². The van der Waals surface area contributed by atoms with Crippen molar-refractivity contribution in [2.45, 2.75) is 13.3 Å². The Morgan fingerprint density at radius 2 is 1.76 bits per heavy atom. The van der Waals surface area contributed by atoms with Crippen molar-refractivity contribution in [2.24, 2.45) is 0 Å². The van der Waals surface area contributed by atoms with Gasteiger partial charge < -0.3 is 0 Å². The third-order valence-corrected chi connectivity index (χ3v) is 2.92. The fourth-order valence-electron chi connectivity index (χ4n) is 1.72. The molecule has 0 aliphatic heterocycles. The quantitative estimate of drug-likeness (QED) is 0.721. The van der Waals surface area contributed by atoms with E-state index in [0.29, 0.717) is 6.42 Å². The van der Waals surface area contributed by atoms with Crippen LogP contribution in [0.4, 0.5) is 0 Å². The first-order valence-electron chi connectivity index (χ1n) is 5.60. The second-order valence-electron chi connectivity index (χ2n) is 3.86. The minimum Gasteiger partial charge on any atom is -0.294 e. The predicted molar refractivity (Wildman–Crippen MR) is 71.5 cm³/mol. The Labute approximate surface area is 106 Å². The van der Waals surface area contributed by atoms with E-state index >= 15 is 0 Å². The lowest BCUT2D eigenvalue weighted by Gasteiger charge is -2.03. The molecule has 0 aliphatic rings. The summed E-state index contributed by atoms with van der Waals surface area (Å²) in [4.78, 5) is 11.5. The molecule has 0 radical (unpaired) electrons. The smallest absolute Gasteiger partial charge is 0.162 e. The van der Waals surface area contributed by atoms with E-state index in [1.165, 1.54) is 0 Å². The molecular weight excluding hydrogens is 232 g/mol. The van der Waals surface area contributed by atoms with Gasteiger partial charge in [0.1, 0.15) is 0 Å². The summed E-state index contributed by atoms with van der Waals surface area (Å²) >= 11 is 5.94. The Bertz CT molecular complexity index is 529. The highest BCUT2D eigenvalue weighted by molar-refractivity contribution is 6.30. The SMILES string of the molecule is CCC(=O)c1ccc(-c2cccc(Cl)c2)cc1.